The topological polar surface area (TPSA) is 39.1 Å². The van der Waals surface area contributed by atoms with Crippen LogP contribution in [0, 0.1) is 0 Å². The average molecular weight is 314 g/mol. The Balaban J connectivity index is 2.24. The van der Waals surface area contributed by atoms with Gasteiger partial charge in [0.25, 0.3) is 0 Å². The van der Waals surface area contributed by atoms with Crippen molar-refractivity contribution in [3.05, 3.63) is 16.4 Å². The third-order valence-corrected chi connectivity index (χ3v) is 5.43. The molecule has 4 nitrogen and oxygen atoms in total. The number of hydrogen-bond donors (Lipinski definition) is 1. The maximum Gasteiger partial charge on any atom is 0.0850 e. The average Bonchev–Trinajstić information content (AvgIpc) is 2.79. The molecule has 2 rings (SSSR count). The first-order valence-electron chi connectivity index (χ1n) is 8.00. The lowest BCUT2D eigenvalue weighted by atomic mass is 9.77. The summed E-state index contributed by atoms with van der Waals surface area (Å²) in [5, 5.41) is 8.82. The molecule has 0 saturated heterocycles. The normalized spacial score (nSPS) is 19.7. The van der Waals surface area contributed by atoms with Crippen LogP contribution in [0.4, 0.5) is 0 Å². The van der Waals surface area contributed by atoms with Gasteiger partial charge in [0.15, 0.2) is 0 Å². The molecule has 0 aliphatic heterocycles. The minimum absolute atomic E-state index is 0.0764. The summed E-state index contributed by atoms with van der Waals surface area (Å²) in [7, 11) is 5.84. The SMILES string of the molecule is CCc1nn(C)c(CC(NC)C2(OC)CCCCC2)c1Cl. The van der Waals surface area contributed by atoms with E-state index in [0.717, 1.165) is 42.1 Å². The summed E-state index contributed by atoms with van der Waals surface area (Å²) in [5.41, 5.74) is 2.02. The smallest absolute Gasteiger partial charge is 0.0850 e. The first-order valence-corrected chi connectivity index (χ1v) is 8.38. The van der Waals surface area contributed by atoms with Gasteiger partial charge in [0.2, 0.25) is 0 Å². The molecular weight excluding hydrogens is 286 g/mol. The van der Waals surface area contributed by atoms with Crippen molar-refractivity contribution in [3.63, 3.8) is 0 Å². The summed E-state index contributed by atoms with van der Waals surface area (Å²) in [5.74, 6) is 0. The van der Waals surface area contributed by atoms with Gasteiger partial charge in [-0.25, -0.2) is 0 Å². The molecule has 120 valence electrons. The molecular formula is C16H28ClN3O. The zero-order valence-corrected chi connectivity index (χ0v) is 14.5. The van der Waals surface area contributed by atoms with E-state index in [1.54, 1.807) is 0 Å². The van der Waals surface area contributed by atoms with Gasteiger partial charge >= 0.3 is 0 Å². The highest BCUT2D eigenvalue weighted by atomic mass is 35.5. The molecule has 0 radical (unpaired) electrons. The molecule has 0 spiro atoms. The predicted molar refractivity (Wildman–Crippen MR) is 87.0 cm³/mol. The molecule has 5 heteroatoms. The van der Waals surface area contributed by atoms with Crippen LogP contribution in [0.15, 0.2) is 0 Å². The minimum Gasteiger partial charge on any atom is -0.377 e. The Bertz CT molecular complexity index is 466. The number of rotatable bonds is 6. The fourth-order valence-corrected chi connectivity index (χ4v) is 4.00. The number of nitrogens with zero attached hydrogens (tertiary/aromatic N) is 2. The van der Waals surface area contributed by atoms with Gasteiger partial charge in [-0.1, -0.05) is 37.8 Å². The predicted octanol–water partition coefficient (Wildman–Crippen LogP) is 3.12. The van der Waals surface area contributed by atoms with Crippen molar-refractivity contribution in [3.8, 4) is 0 Å². The summed E-state index contributed by atoms with van der Waals surface area (Å²) in [6, 6.07) is 0.264. The van der Waals surface area contributed by atoms with E-state index in [0.29, 0.717) is 0 Å². The van der Waals surface area contributed by atoms with Crippen LogP contribution >= 0.6 is 11.6 Å². The molecule has 1 unspecified atom stereocenters. The number of hydrogen-bond acceptors (Lipinski definition) is 3. The summed E-state index contributed by atoms with van der Waals surface area (Å²) < 4.78 is 7.91. The van der Waals surface area contributed by atoms with E-state index >= 15 is 0 Å². The van der Waals surface area contributed by atoms with Crippen molar-refractivity contribution < 1.29 is 4.74 Å². The number of aryl methyl sites for hydroxylation is 2. The Labute approximate surface area is 133 Å². The zero-order valence-electron chi connectivity index (χ0n) is 13.7. The van der Waals surface area contributed by atoms with E-state index in [9.17, 15) is 0 Å². The van der Waals surface area contributed by atoms with Gasteiger partial charge in [-0.05, 0) is 26.3 Å². The second-order valence-electron chi connectivity index (χ2n) is 6.06. The molecule has 1 aliphatic carbocycles. The van der Waals surface area contributed by atoms with E-state index in [-0.39, 0.29) is 11.6 Å². The Hall–Kier alpha value is -0.580. The third kappa shape index (κ3) is 3.27. The highest BCUT2D eigenvalue weighted by Gasteiger charge is 2.40. The van der Waals surface area contributed by atoms with Crippen molar-refractivity contribution in [2.75, 3.05) is 14.2 Å². The van der Waals surface area contributed by atoms with E-state index in [1.807, 2.05) is 25.9 Å². The number of ether oxygens (including phenoxy) is 1. The first-order chi connectivity index (χ1) is 10.1. The summed E-state index contributed by atoms with van der Waals surface area (Å²) in [6.45, 7) is 2.09. The van der Waals surface area contributed by atoms with Crippen molar-refractivity contribution in [1.82, 2.24) is 15.1 Å². The van der Waals surface area contributed by atoms with Crippen molar-refractivity contribution in [1.29, 1.82) is 0 Å². The molecule has 1 saturated carbocycles. The van der Waals surface area contributed by atoms with E-state index in [2.05, 4.69) is 17.3 Å². The fourth-order valence-electron chi connectivity index (χ4n) is 3.63. The van der Waals surface area contributed by atoms with Crippen LogP contribution in [0.3, 0.4) is 0 Å². The number of aromatic nitrogens is 2. The molecule has 21 heavy (non-hydrogen) atoms. The maximum atomic E-state index is 6.51. The molecule has 1 aromatic rings. The number of methoxy groups -OCH3 is 1. The van der Waals surface area contributed by atoms with Gasteiger partial charge in [0, 0.05) is 26.6 Å². The molecule has 1 aliphatic rings. The van der Waals surface area contributed by atoms with Crippen LogP contribution in [-0.4, -0.2) is 35.6 Å². The Morgan fingerprint density at radius 1 is 1.38 bits per heavy atom. The van der Waals surface area contributed by atoms with E-state index < -0.39 is 0 Å². The van der Waals surface area contributed by atoms with E-state index in [1.165, 1.54) is 19.3 Å². The molecule has 1 fully saturated rings. The molecule has 0 bridgehead atoms. The minimum atomic E-state index is -0.0764. The van der Waals surface area contributed by atoms with Crippen molar-refractivity contribution in [2.45, 2.75) is 63.5 Å². The third-order valence-electron chi connectivity index (χ3n) is 4.99. The largest absolute Gasteiger partial charge is 0.377 e. The first kappa shape index (κ1) is 16.8. The number of nitrogens with one attached hydrogen (secondary N) is 1. The van der Waals surface area contributed by atoms with Crippen LogP contribution in [0.5, 0.6) is 0 Å². The number of halogens is 1. The van der Waals surface area contributed by atoms with Crippen LogP contribution in [0.1, 0.15) is 50.4 Å². The van der Waals surface area contributed by atoms with Crippen LogP contribution < -0.4 is 5.32 Å². The van der Waals surface area contributed by atoms with Gasteiger partial charge in [0.05, 0.1) is 22.0 Å². The summed E-state index contributed by atoms with van der Waals surface area (Å²) in [6.07, 6.45) is 7.75. The molecule has 0 amide bonds. The van der Waals surface area contributed by atoms with Crippen LogP contribution in [-0.2, 0) is 24.6 Å². The maximum absolute atomic E-state index is 6.51. The standard InChI is InChI=1S/C16H28ClN3O/c1-5-12-15(17)13(20(3)19-12)11-14(18-2)16(21-4)9-7-6-8-10-16/h14,18H,5-11H2,1-4H3. The highest BCUT2D eigenvalue weighted by molar-refractivity contribution is 6.31. The van der Waals surface area contributed by atoms with Gasteiger partial charge in [-0.3, -0.25) is 4.68 Å². The van der Waals surface area contributed by atoms with Crippen molar-refractivity contribution in [2.24, 2.45) is 7.05 Å². The molecule has 1 aromatic heterocycles. The fraction of sp³-hybridized carbons (Fsp3) is 0.812. The van der Waals surface area contributed by atoms with E-state index in [4.69, 9.17) is 16.3 Å². The Kier molecular flexibility index (Phi) is 5.69. The van der Waals surface area contributed by atoms with Gasteiger partial charge < -0.3 is 10.1 Å². The van der Waals surface area contributed by atoms with Crippen LogP contribution in [0.2, 0.25) is 5.02 Å². The van der Waals surface area contributed by atoms with Gasteiger partial charge in [0.1, 0.15) is 0 Å². The van der Waals surface area contributed by atoms with Crippen molar-refractivity contribution >= 4 is 11.6 Å². The lowest BCUT2D eigenvalue weighted by Gasteiger charge is -2.42. The molecule has 0 aromatic carbocycles. The second-order valence-corrected chi connectivity index (χ2v) is 6.44. The lowest BCUT2D eigenvalue weighted by Crippen LogP contribution is -2.53. The molecule has 1 heterocycles. The highest BCUT2D eigenvalue weighted by Crippen LogP contribution is 2.36. The van der Waals surface area contributed by atoms with Gasteiger partial charge in [-0.15, -0.1) is 0 Å². The van der Waals surface area contributed by atoms with Gasteiger partial charge in [-0.2, -0.15) is 5.10 Å². The molecule has 1 atom stereocenters. The Morgan fingerprint density at radius 3 is 2.52 bits per heavy atom. The monoisotopic (exact) mass is 313 g/mol. The van der Waals surface area contributed by atoms with Crippen LogP contribution in [0.25, 0.3) is 0 Å². The summed E-state index contributed by atoms with van der Waals surface area (Å²) in [4.78, 5) is 0. The second kappa shape index (κ2) is 7.12. The lowest BCUT2D eigenvalue weighted by molar-refractivity contribution is -0.0660. The summed E-state index contributed by atoms with van der Waals surface area (Å²) >= 11 is 6.51. The number of likely N-dealkylation sites (N-methyl/N-ethyl adjacent to an activating group) is 1. The Morgan fingerprint density at radius 2 is 2.05 bits per heavy atom. The molecule has 1 N–H and O–H groups in total. The zero-order chi connectivity index (χ0) is 15.5. The quantitative estimate of drug-likeness (QED) is 0.877.